The van der Waals surface area contributed by atoms with Gasteiger partial charge in [-0.3, -0.25) is 9.59 Å². The zero-order valence-corrected chi connectivity index (χ0v) is 15.2. The number of ether oxygens (including phenoxy) is 2. The average molecular weight is 365 g/mol. The van der Waals surface area contributed by atoms with Gasteiger partial charge in [0.05, 0.1) is 18.9 Å². The topological polar surface area (TPSA) is 99.5 Å². The van der Waals surface area contributed by atoms with Crippen molar-refractivity contribution in [3.05, 3.63) is 39.3 Å². The Hall–Kier alpha value is -2.68. The molecule has 0 bridgehead atoms. The number of hydrogen-bond acceptors (Lipinski definition) is 7. The van der Waals surface area contributed by atoms with Gasteiger partial charge in [-0.05, 0) is 32.9 Å². The molecule has 2 aromatic heterocycles. The minimum absolute atomic E-state index is 0.152. The molecule has 134 valence electrons. The molecule has 8 nitrogen and oxygen atoms in total. The maximum atomic E-state index is 12.1. The van der Waals surface area contributed by atoms with Crippen molar-refractivity contribution < 1.29 is 19.1 Å². The number of rotatable bonds is 6. The Morgan fingerprint density at radius 1 is 1.40 bits per heavy atom. The second kappa shape index (κ2) is 7.93. The van der Waals surface area contributed by atoms with Crippen LogP contribution in [0.25, 0.3) is 0 Å². The number of esters is 1. The number of carbonyl (C=O) groups is 2. The third-order valence-corrected chi connectivity index (χ3v) is 4.14. The summed E-state index contributed by atoms with van der Waals surface area (Å²) >= 11 is 1.03. The van der Waals surface area contributed by atoms with Gasteiger partial charge in [0.15, 0.2) is 10.9 Å². The Morgan fingerprint density at radius 2 is 2.12 bits per heavy atom. The van der Waals surface area contributed by atoms with E-state index in [9.17, 15) is 14.4 Å². The van der Waals surface area contributed by atoms with Gasteiger partial charge in [-0.25, -0.2) is 9.78 Å². The molecule has 25 heavy (non-hydrogen) atoms. The zero-order chi connectivity index (χ0) is 18.6. The van der Waals surface area contributed by atoms with Crippen LogP contribution in [0.3, 0.4) is 0 Å². The minimum Gasteiger partial charge on any atom is -0.491 e. The number of methoxy groups -OCH3 is 1. The van der Waals surface area contributed by atoms with Crippen LogP contribution in [0.2, 0.25) is 0 Å². The molecule has 0 saturated carbocycles. The fraction of sp³-hybridized carbons (Fsp3) is 0.375. The van der Waals surface area contributed by atoms with Crippen LogP contribution in [0.1, 0.15) is 29.2 Å². The molecule has 1 N–H and O–H groups in total. The fourth-order valence-corrected chi connectivity index (χ4v) is 2.88. The van der Waals surface area contributed by atoms with Crippen molar-refractivity contribution in [2.45, 2.75) is 33.4 Å². The molecule has 0 aliphatic carbocycles. The van der Waals surface area contributed by atoms with E-state index in [2.05, 4.69) is 10.3 Å². The Kier molecular flexibility index (Phi) is 5.92. The number of amides is 1. The molecule has 2 rings (SSSR count). The molecular weight excluding hydrogens is 346 g/mol. The Balaban J connectivity index is 2.09. The van der Waals surface area contributed by atoms with Crippen molar-refractivity contribution in [3.8, 4) is 5.75 Å². The second-order valence-electron chi connectivity index (χ2n) is 5.45. The Morgan fingerprint density at radius 3 is 2.76 bits per heavy atom. The van der Waals surface area contributed by atoms with E-state index in [0.29, 0.717) is 10.6 Å². The number of aryl methyl sites for hydroxylation is 1. The molecule has 0 atom stereocenters. The summed E-state index contributed by atoms with van der Waals surface area (Å²) in [7, 11) is 1.39. The lowest BCUT2D eigenvalue weighted by Gasteiger charge is -2.07. The average Bonchev–Trinajstić information content (AvgIpc) is 2.89. The highest BCUT2D eigenvalue weighted by atomic mass is 32.1. The summed E-state index contributed by atoms with van der Waals surface area (Å²) < 4.78 is 11.3. The summed E-state index contributed by atoms with van der Waals surface area (Å²) in [5.74, 6) is -0.762. The van der Waals surface area contributed by atoms with Gasteiger partial charge in [0.25, 0.3) is 5.56 Å². The predicted octanol–water partition coefficient (Wildman–Crippen LogP) is 1.83. The summed E-state index contributed by atoms with van der Waals surface area (Å²) in [4.78, 5) is 40.6. The van der Waals surface area contributed by atoms with Gasteiger partial charge in [-0.2, -0.15) is 0 Å². The molecule has 0 unspecified atom stereocenters. The standard InChI is InChI=1S/C16H19N3O5S/c1-9(2)24-15(22)13-10(3)17-16(25-13)18-12(20)8-19-7-5-6-11(23-4)14(19)21/h5-7,9H,8H2,1-4H3,(H,17,18,20). The molecular formula is C16H19N3O5S. The predicted molar refractivity (Wildman–Crippen MR) is 93.3 cm³/mol. The van der Waals surface area contributed by atoms with Crippen LogP contribution in [0, 0.1) is 6.92 Å². The van der Waals surface area contributed by atoms with Crippen LogP contribution >= 0.6 is 11.3 Å². The first kappa shape index (κ1) is 18.7. The SMILES string of the molecule is COc1cccn(CC(=O)Nc2nc(C)c(C(=O)OC(C)C)s2)c1=O. The highest BCUT2D eigenvalue weighted by molar-refractivity contribution is 7.17. The van der Waals surface area contributed by atoms with Crippen molar-refractivity contribution in [1.82, 2.24) is 9.55 Å². The number of aromatic nitrogens is 2. The molecule has 0 radical (unpaired) electrons. The van der Waals surface area contributed by atoms with E-state index >= 15 is 0 Å². The number of thiazole rings is 1. The Labute approximate surface area is 148 Å². The summed E-state index contributed by atoms with van der Waals surface area (Å²) in [5, 5.41) is 2.86. The largest absolute Gasteiger partial charge is 0.491 e. The molecule has 0 aliphatic heterocycles. The number of carbonyl (C=O) groups excluding carboxylic acids is 2. The van der Waals surface area contributed by atoms with Gasteiger partial charge in [-0.15, -0.1) is 0 Å². The maximum Gasteiger partial charge on any atom is 0.350 e. The highest BCUT2D eigenvalue weighted by Crippen LogP contribution is 2.23. The number of anilines is 1. The molecule has 0 spiro atoms. The summed E-state index contributed by atoms with van der Waals surface area (Å²) in [6.45, 7) is 4.97. The summed E-state index contributed by atoms with van der Waals surface area (Å²) in [5.41, 5.74) is 0.0705. The van der Waals surface area contributed by atoms with Gasteiger partial charge in [0.2, 0.25) is 5.91 Å². The molecule has 0 fully saturated rings. The molecule has 2 heterocycles. The molecule has 0 aliphatic rings. The van der Waals surface area contributed by atoms with Crippen molar-refractivity contribution >= 4 is 28.3 Å². The third-order valence-electron chi connectivity index (χ3n) is 3.09. The van der Waals surface area contributed by atoms with Crippen molar-refractivity contribution in [2.24, 2.45) is 0 Å². The summed E-state index contributed by atoms with van der Waals surface area (Å²) in [6.07, 6.45) is 1.25. The van der Waals surface area contributed by atoms with Gasteiger partial charge in [-0.1, -0.05) is 11.3 Å². The first-order chi connectivity index (χ1) is 11.8. The van der Waals surface area contributed by atoms with Crippen molar-refractivity contribution in [3.63, 3.8) is 0 Å². The number of nitrogens with zero attached hydrogens (tertiary/aromatic N) is 2. The van der Waals surface area contributed by atoms with E-state index in [1.807, 2.05) is 0 Å². The first-order valence-electron chi connectivity index (χ1n) is 7.53. The third kappa shape index (κ3) is 4.66. The van der Waals surface area contributed by atoms with Crippen LogP contribution in [0.15, 0.2) is 23.1 Å². The van der Waals surface area contributed by atoms with Crippen LogP contribution in [-0.4, -0.2) is 34.6 Å². The molecule has 0 saturated heterocycles. The highest BCUT2D eigenvalue weighted by Gasteiger charge is 2.19. The Bertz CT molecular complexity index is 841. The summed E-state index contributed by atoms with van der Waals surface area (Å²) in [6, 6.07) is 3.13. The van der Waals surface area contributed by atoms with Crippen LogP contribution < -0.4 is 15.6 Å². The smallest absolute Gasteiger partial charge is 0.350 e. The normalized spacial score (nSPS) is 10.6. The minimum atomic E-state index is -0.477. The van der Waals surface area contributed by atoms with Gasteiger partial charge >= 0.3 is 5.97 Å². The van der Waals surface area contributed by atoms with E-state index in [4.69, 9.17) is 9.47 Å². The van der Waals surface area contributed by atoms with E-state index in [0.717, 1.165) is 11.3 Å². The van der Waals surface area contributed by atoms with Crippen LogP contribution in [0.4, 0.5) is 5.13 Å². The van der Waals surface area contributed by atoms with Gasteiger partial charge in [0, 0.05) is 6.20 Å². The maximum absolute atomic E-state index is 12.1. The number of pyridine rings is 1. The monoisotopic (exact) mass is 365 g/mol. The lowest BCUT2D eigenvalue weighted by molar-refractivity contribution is -0.116. The van der Waals surface area contributed by atoms with E-state index in [-0.39, 0.29) is 23.5 Å². The second-order valence-corrected chi connectivity index (χ2v) is 6.44. The van der Waals surface area contributed by atoms with Gasteiger partial charge in [0.1, 0.15) is 11.4 Å². The van der Waals surface area contributed by atoms with Gasteiger partial charge < -0.3 is 19.4 Å². The first-order valence-corrected chi connectivity index (χ1v) is 8.35. The molecule has 0 aromatic carbocycles. The molecule has 9 heteroatoms. The van der Waals surface area contributed by atoms with Crippen molar-refractivity contribution in [1.29, 1.82) is 0 Å². The number of nitrogens with one attached hydrogen (secondary N) is 1. The van der Waals surface area contributed by atoms with E-state index in [1.54, 1.807) is 26.8 Å². The number of hydrogen-bond donors (Lipinski definition) is 1. The quantitative estimate of drug-likeness (QED) is 0.784. The van der Waals surface area contributed by atoms with E-state index in [1.165, 1.54) is 23.9 Å². The lowest BCUT2D eigenvalue weighted by atomic mass is 10.4. The molecule has 1 amide bonds. The lowest BCUT2D eigenvalue weighted by Crippen LogP contribution is -2.27. The van der Waals surface area contributed by atoms with Crippen LogP contribution in [0.5, 0.6) is 5.75 Å². The van der Waals surface area contributed by atoms with Crippen molar-refractivity contribution in [2.75, 3.05) is 12.4 Å². The zero-order valence-electron chi connectivity index (χ0n) is 14.4. The van der Waals surface area contributed by atoms with E-state index < -0.39 is 17.4 Å². The molecule has 2 aromatic rings. The van der Waals surface area contributed by atoms with Crippen LogP contribution in [-0.2, 0) is 16.1 Å². The fourth-order valence-electron chi connectivity index (χ4n) is 2.02.